The van der Waals surface area contributed by atoms with Gasteiger partial charge in [0, 0.05) is 26.0 Å². The molecule has 0 aliphatic heterocycles. The van der Waals surface area contributed by atoms with Gasteiger partial charge in [0.25, 0.3) is 0 Å². The highest BCUT2D eigenvalue weighted by atomic mass is 32.1. The highest BCUT2D eigenvalue weighted by Gasteiger charge is 2.15. The highest BCUT2D eigenvalue weighted by molar-refractivity contribution is 7.26. The molecule has 0 spiro atoms. The lowest BCUT2D eigenvalue weighted by atomic mass is 10.1. The van der Waals surface area contributed by atoms with Gasteiger partial charge in [-0.15, -0.1) is 22.7 Å². The quantitative estimate of drug-likeness (QED) is 0.797. The van der Waals surface area contributed by atoms with Gasteiger partial charge in [-0.3, -0.25) is 4.98 Å². The van der Waals surface area contributed by atoms with Crippen LogP contribution in [0.1, 0.15) is 16.5 Å². The van der Waals surface area contributed by atoms with E-state index in [0.29, 0.717) is 5.75 Å². The molecule has 0 saturated heterocycles. The smallest absolute Gasteiger partial charge is 0.137 e. The number of hydrogen-bond donors (Lipinski definition) is 1. The van der Waals surface area contributed by atoms with Crippen LogP contribution in [0.15, 0.2) is 36.0 Å². The second-order valence-electron chi connectivity index (χ2n) is 3.86. The maximum atomic E-state index is 10.4. The van der Waals surface area contributed by atoms with Crippen molar-refractivity contribution in [1.29, 1.82) is 0 Å². The number of hydrogen-bond acceptors (Lipinski definition) is 5. The van der Waals surface area contributed by atoms with Crippen molar-refractivity contribution in [3.05, 3.63) is 46.4 Å². The van der Waals surface area contributed by atoms with E-state index in [4.69, 9.17) is 4.74 Å². The molecular weight excluding hydrogens is 266 g/mol. The molecule has 0 bridgehead atoms. The van der Waals surface area contributed by atoms with E-state index in [9.17, 15) is 5.11 Å². The summed E-state index contributed by atoms with van der Waals surface area (Å²) in [6.07, 6.45) is 2.65. The van der Waals surface area contributed by atoms with Gasteiger partial charge in [0.1, 0.15) is 11.9 Å². The Morgan fingerprint density at radius 2 is 2.17 bits per heavy atom. The first kappa shape index (κ1) is 11.6. The molecule has 0 saturated carbocycles. The Balaban J connectivity index is 1.97. The molecule has 0 fully saturated rings. The van der Waals surface area contributed by atoms with Crippen molar-refractivity contribution in [3.63, 3.8) is 0 Å². The number of pyridine rings is 1. The summed E-state index contributed by atoms with van der Waals surface area (Å²) < 4.78 is 7.54. The van der Waals surface area contributed by atoms with E-state index in [1.165, 1.54) is 9.40 Å². The maximum Gasteiger partial charge on any atom is 0.137 e. The lowest BCUT2D eigenvalue weighted by Gasteiger charge is -2.09. The van der Waals surface area contributed by atoms with Crippen LogP contribution in [-0.4, -0.2) is 17.2 Å². The van der Waals surface area contributed by atoms with Gasteiger partial charge >= 0.3 is 0 Å². The Morgan fingerprint density at radius 3 is 2.94 bits per heavy atom. The summed E-state index contributed by atoms with van der Waals surface area (Å²) in [4.78, 5) is 5.00. The monoisotopic (exact) mass is 277 g/mol. The zero-order valence-corrected chi connectivity index (χ0v) is 11.3. The standard InChI is InChI=1S/C13H11NO2S2/c1-16-9-4-8(6-14-7-9)13(15)12-5-11-10(18-12)2-3-17-11/h2-7,13,15H,1H3. The molecule has 3 aromatic rings. The number of methoxy groups -OCH3 is 1. The summed E-state index contributed by atoms with van der Waals surface area (Å²) >= 11 is 3.30. The zero-order chi connectivity index (χ0) is 12.5. The largest absolute Gasteiger partial charge is 0.495 e. The number of nitrogens with zero attached hydrogens (tertiary/aromatic N) is 1. The molecular formula is C13H11NO2S2. The van der Waals surface area contributed by atoms with E-state index in [0.717, 1.165) is 10.4 Å². The second kappa shape index (κ2) is 4.68. The Hall–Kier alpha value is -1.43. The van der Waals surface area contributed by atoms with Gasteiger partial charge in [0.15, 0.2) is 0 Å². The van der Waals surface area contributed by atoms with Gasteiger partial charge in [0.05, 0.1) is 13.3 Å². The summed E-state index contributed by atoms with van der Waals surface area (Å²) in [6.45, 7) is 0. The number of aromatic nitrogens is 1. The third kappa shape index (κ3) is 2.01. The fourth-order valence-electron chi connectivity index (χ4n) is 1.78. The lowest BCUT2D eigenvalue weighted by Crippen LogP contribution is -1.98. The van der Waals surface area contributed by atoms with Crippen molar-refractivity contribution in [1.82, 2.24) is 4.98 Å². The first-order valence-corrected chi connectivity index (χ1v) is 7.11. The van der Waals surface area contributed by atoms with Crippen molar-refractivity contribution < 1.29 is 9.84 Å². The van der Waals surface area contributed by atoms with Crippen LogP contribution in [-0.2, 0) is 0 Å². The van der Waals surface area contributed by atoms with Crippen molar-refractivity contribution >= 4 is 32.1 Å². The van der Waals surface area contributed by atoms with Crippen molar-refractivity contribution in [2.45, 2.75) is 6.10 Å². The van der Waals surface area contributed by atoms with Crippen molar-refractivity contribution in [2.75, 3.05) is 7.11 Å². The number of aliphatic hydroxyl groups is 1. The first-order valence-electron chi connectivity index (χ1n) is 5.42. The van der Waals surface area contributed by atoms with Crippen LogP contribution in [0.2, 0.25) is 0 Å². The Kier molecular flexibility index (Phi) is 3.03. The van der Waals surface area contributed by atoms with E-state index >= 15 is 0 Å². The molecule has 3 aromatic heterocycles. The molecule has 1 unspecified atom stereocenters. The minimum Gasteiger partial charge on any atom is -0.495 e. The van der Waals surface area contributed by atoms with Crippen LogP contribution >= 0.6 is 22.7 Å². The molecule has 0 radical (unpaired) electrons. The molecule has 3 heterocycles. The molecule has 92 valence electrons. The summed E-state index contributed by atoms with van der Waals surface area (Å²) in [5, 5.41) is 12.4. The van der Waals surface area contributed by atoms with Crippen molar-refractivity contribution in [3.8, 4) is 5.75 Å². The van der Waals surface area contributed by atoms with E-state index in [1.807, 2.05) is 12.1 Å². The normalized spacial score (nSPS) is 12.8. The van der Waals surface area contributed by atoms with Gasteiger partial charge in [0.2, 0.25) is 0 Å². The molecule has 1 atom stereocenters. The summed E-state index contributed by atoms with van der Waals surface area (Å²) in [7, 11) is 1.59. The number of fused-ring (bicyclic) bond motifs is 1. The third-order valence-corrected chi connectivity index (χ3v) is 4.86. The maximum absolute atomic E-state index is 10.4. The molecule has 1 N–H and O–H groups in total. The van der Waals surface area contributed by atoms with Crippen LogP contribution in [0.25, 0.3) is 9.40 Å². The summed E-state index contributed by atoms with van der Waals surface area (Å²) in [6, 6.07) is 5.92. The third-order valence-electron chi connectivity index (χ3n) is 2.71. The molecule has 3 nitrogen and oxygen atoms in total. The minimum absolute atomic E-state index is 0.641. The number of aliphatic hydroxyl groups excluding tert-OH is 1. The zero-order valence-electron chi connectivity index (χ0n) is 9.66. The van der Waals surface area contributed by atoms with E-state index in [1.54, 1.807) is 42.2 Å². The van der Waals surface area contributed by atoms with Gasteiger partial charge in [-0.2, -0.15) is 0 Å². The molecule has 0 amide bonds. The lowest BCUT2D eigenvalue weighted by molar-refractivity contribution is 0.223. The first-order chi connectivity index (χ1) is 8.78. The predicted molar refractivity (Wildman–Crippen MR) is 74.6 cm³/mol. The predicted octanol–water partition coefficient (Wildman–Crippen LogP) is 3.45. The van der Waals surface area contributed by atoms with Crippen LogP contribution in [0, 0.1) is 0 Å². The van der Waals surface area contributed by atoms with Crippen LogP contribution < -0.4 is 4.74 Å². The number of rotatable bonds is 3. The van der Waals surface area contributed by atoms with E-state index in [-0.39, 0.29) is 0 Å². The second-order valence-corrected chi connectivity index (χ2v) is 5.92. The highest BCUT2D eigenvalue weighted by Crippen LogP contribution is 2.36. The fourth-order valence-corrected chi connectivity index (χ4v) is 3.91. The Bertz CT molecular complexity index is 646. The van der Waals surface area contributed by atoms with Crippen molar-refractivity contribution in [2.24, 2.45) is 0 Å². The van der Waals surface area contributed by atoms with Crippen LogP contribution in [0.4, 0.5) is 0 Å². The number of ether oxygens (including phenoxy) is 1. The molecule has 0 aromatic carbocycles. The summed E-state index contributed by atoms with van der Waals surface area (Å²) in [5.74, 6) is 0.657. The summed E-state index contributed by atoms with van der Waals surface area (Å²) in [5.41, 5.74) is 0.753. The average Bonchev–Trinajstić information content (AvgIpc) is 2.98. The molecule has 3 rings (SSSR count). The topological polar surface area (TPSA) is 42.4 Å². The van der Waals surface area contributed by atoms with E-state index < -0.39 is 6.10 Å². The van der Waals surface area contributed by atoms with Gasteiger partial charge < -0.3 is 9.84 Å². The molecule has 18 heavy (non-hydrogen) atoms. The Labute approximate surface area is 112 Å². The number of thiophene rings is 2. The Morgan fingerprint density at radius 1 is 1.28 bits per heavy atom. The van der Waals surface area contributed by atoms with E-state index in [2.05, 4.69) is 16.4 Å². The van der Waals surface area contributed by atoms with Crippen LogP contribution in [0.3, 0.4) is 0 Å². The fraction of sp³-hybridized carbons (Fsp3) is 0.154. The van der Waals surface area contributed by atoms with Gasteiger partial charge in [-0.1, -0.05) is 0 Å². The van der Waals surface area contributed by atoms with Gasteiger partial charge in [-0.05, 0) is 23.6 Å². The molecule has 0 aliphatic rings. The molecule has 0 aliphatic carbocycles. The van der Waals surface area contributed by atoms with Gasteiger partial charge in [-0.25, -0.2) is 0 Å². The SMILES string of the molecule is COc1cncc(C(O)c2cc3sccc3s2)c1. The average molecular weight is 277 g/mol. The molecule has 5 heteroatoms. The minimum atomic E-state index is -0.641. The van der Waals surface area contributed by atoms with Crippen LogP contribution in [0.5, 0.6) is 5.75 Å².